The topological polar surface area (TPSA) is 84.0 Å². The smallest absolute Gasteiger partial charge is 0.408 e. The minimum absolute atomic E-state index is 0.286. The van der Waals surface area contributed by atoms with Crippen LogP contribution in [0.1, 0.15) is 12.8 Å². The largest absolute Gasteiger partial charge is 0.417 e. The predicted molar refractivity (Wildman–Crippen MR) is 66.0 cm³/mol. The highest BCUT2D eigenvalue weighted by atomic mass is 16.4. The van der Waals surface area contributed by atoms with E-state index < -0.39 is 5.76 Å². The van der Waals surface area contributed by atoms with Crippen molar-refractivity contribution >= 4 is 16.8 Å². The van der Waals surface area contributed by atoms with Crippen molar-refractivity contribution in [2.75, 3.05) is 18.4 Å². The normalized spacial score (nSPS) is 17.2. The van der Waals surface area contributed by atoms with Gasteiger partial charge in [0.25, 0.3) is 0 Å². The molecule has 1 aliphatic rings. The van der Waals surface area contributed by atoms with E-state index in [2.05, 4.69) is 10.3 Å². The first kappa shape index (κ1) is 10.4. The molecule has 90 valence electrons. The molecule has 1 aromatic carbocycles. The molecule has 4 N–H and O–H groups in total. The maximum absolute atomic E-state index is 11.0. The molecule has 0 radical (unpaired) electrons. The lowest BCUT2D eigenvalue weighted by Gasteiger charge is -2.14. The van der Waals surface area contributed by atoms with Gasteiger partial charge in [0.2, 0.25) is 0 Å². The van der Waals surface area contributed by atoms with Crippen molar-refractivity contribution in [3.63, 3.8) is 0 Å². The Labute approximate surface area is 98.0 Å². The molecule has 0 amide bonds. The molecule has 1 aliphatic carbocycles. The minimum Gasteiger partial charge on any atom is -0.408 e. The average molecular weight is 233 g/mol. The van der Waals surface area contributed by atoms with Gasteiger partial charge >= 0.3 is 5.76 Å². The Kier molecular flexibility index (Phi) is 2.22. The highest BCUT2D eigenvalue weighted by molar-refractivity contribution is 5.76. The Morgan fingerprint density at radius 2 is 2.29 bits per heavy atom. The Bertz CT molecular complexity index is 595. The average Bonchev–Trinajstić information content (AvgIpc) is 3.01. The first-order chi connectivity index (χ1) is 8.21. The van der Waals surface area contributed by atoms with Crippen LogP contribution >= 0.6 is 0 Å². The van der Waals surface area contributed by atoms with Gasteiger partial charge < -0.3 is 15.5 Å². The Hall–Kier alpha value is -1.75. The molecule has 0 spiro atoms. The van der Waals surface area contributed by atoms with E-state index in [9.17, 15) is 4.79 Å². The lowest BCUT2D eigenvalue weighted by molar-refractivity contribution is 0.552. The van der Waals surface area contributed by atoms with Gasteiger partial charge in [0.1, 0.15) is 0 Å². The van der Waals surface area contributed by atoms with Crippen LogP contribution in [0, 0.1) is 5.41 Å². The van der Waals surface area contributed by atoms with Crippen LogP contribution in [0.3, 0.4) is 0 Å². The van der Waals surface area contributed by atoms with E-state index in [0.717, 1.165) is 24.3 Å². The van der Waals surface area contributed by atoms with Crippen molar-refractivity contribution in [3.8, 4) is 0 Å². The van der Waals surface area contributed by atoms with E-state index in [4.69, 9.17) is 10.2 Å². The molecular weight excluding hydrogens is 218 g/mol. The quantitative estimate of drug-likeness (QED) is 0.742. The summed E-state index contributed by atoms with van der Waals surface area (Å²) in [7, 11) is 0. The molecule has 1 saturated carbocycles. The van der Waals surface area contributed by atoms with Crippen LogP contribution in [0.5, 0.6) is 0 Å². The van der Waals surface area contributed by atoms with Gasteiger partial charge in [-0.15, -0.1) is 0 Å². The number of nitrogens with one attached hydrogen (secondary N) is 2. The van der Waals surface area contributed by atoms with E-state index in [1.165, 1.54) is 12.8 Å². The molecule has 1 aromatic heterocycles. The first-order valence-electron chi connectivity index (χ1n) is 5.78. The third-order valence-electron chi connectivity index (χ3n) is 3.48. The fourth-order valence-corrected chi connectivity index (χ4v) is 1.97. The molecule has 3 rings (SSSR count). The highest BCUT2D eigenvalue weighted by Crippen LogP contribution is 2.44. The number of nitrogens with two attached hydrogens (primary N) is 1. The van der Waals surface area contributed by atoms with Crippen LogP contribution in [0.25, 0.3) is 11.1 Å². The molecule has 17 heavy (non-hydrogen) atoms. The van der Waals surface area contributed by atoms with E-state index in [1.807, 2.05) is 18.2 Å². The summed E-state index contributed by atoms with van der Waals surface area (Å²) in [6.45, 7) is 1.60. The lowest BCUT2D eigenvalue weighted by Crippen LogP contribution is -2.24. The van der Waals surface area contributed by atoms with Crippen molar-refractivity contribution in [1.29, 1.82) is 0 Å². The monoisotopic (exact) mass is 233 g/mol. The van der Waals surface area contributed by atoms with Gasteiger partial charge in [0.15, 0.2) is 5.58 Å². The summed E-state index contributed by atoms with van der Waals surface area (Å²) in [4.78, 5) is 13.6. The number of aromatic amines is 1. The Balaban J connectivity index is 1.78. The number of anilines is 1. The number of aromatic nitrogens is 1. The Morgan fingerprint density at radius 3 is 3.00 bits per heavy atom. The van der Waals surface area contributed by atoms with Gasteiger partial charge in [-0.3, -0.25) is 4.98 Å². The molecule has 2 aromatic rings. The van der Waals surface area contributed by atoms with E-state index in [-0.39, 0.29) is 5.41 Å². The van der Waals surface area contributed by atoms with Crippen LogP contribution in [-0.2, 0) is 0 Å². The molecule has 0 saturated heterocycles. The van der Waals surface area contributed by atoms with Gasteiger partial charge in [-0.05, 0) is 36.9 Å². The van der Waals surface area contributed by atoms with Crippen LogP contribution in [0.4, 0.5) is 5.69 Å². The zero-order valence-electron chi connectivity index (χ0n) is 9.45. The highest BCUT2D eigenvalue weighted by Gasteiger charge is 2.40. The third kappa shape index (κ3) is 1.93. The second-order valence-electron chi connectivity index (χ2n) is 4.78. The second-order valence-corrected chi connectivity index (χ2v) is 4.78. The fraction of sp³-hybridized carbons (Fsp3) is 0.417. The van der Waals surface area contributed by atoms with Gasteiger partial charge in [0.05, 0.1) is 5.52 Å². The maximum atomic E-state index is 11.0. The number of benzene rings is 1. The van der Waals surface area contributed by atoms with Crippen molar-refractivity contribution in [2.24, 2.45) is 11.1 Å². The maximum Gasteiger partial charge on any atom is 0.417 e. The predicted octanol–water partition coefficient (Wildman–Crippen LogP) is 1.27. The first-order valence-corrected chi connectivity index (χ1v) is 5.78. The number of oxazole rings is 1. The van der Waals surface area contributed by atoms with Gasteiger partial charge in [0, 0.05) is 18.3 Å². The second kappa shape index (κ2) is 3.63. The van der Waals surface area contributed by atoms with Gasteiger partial charge in [-0.1, -0.05) is 0 Å². The molecule has 0 bridgehead atoms. The van der Waals surface area contributed by atoms with Crippen molar-refractivity contribution in [3.05, 3.63) is 28.7 Å². The van der Waals surface area contributed by atoms with Crippen molar-refractivity contribution in [1.82, 2.24) is 4.98 Å². The molecule has 0 aliphatic heterocycles. The summed E-state index contributed by atoms with van der Waals surface area (Å²) in [6.07, 6.45) is 2.38. The molecule has 1 fully saturated rings. The van der Waals surface area contributed by atoms with Crippen molar-refractivity contribution in [2.45, 2.75) is 12.8 Å². The van der Waals surface area contributed by atoms with E-state index in [1.54, 1.807) is 0 Å². The standard InChI is InChI=1S/C12H15N3O2/c13-6-12(3-4-12)7-14-8-1-2-9-10(5-8)17-11(16)15-9/h1-2,5,14H,3-4,6-7,13H2,(H,15,16). The lowest BCUT2D eigenvalue weighted by atomic mass is 10.1. The van der Waals surface area contributed by atoms with E-state index in [0.29, 0.717) is 5.58 Å². The zero-order chi connectivity index (χ0) is 11.9. The molecule has 0 atom stereocenters. The van der Waals surface area contributed by atoms with E-state index >= 15 is 0 Å². The fourth-order valence-electron chi connectivity index (χ4n) is 1.97. The van der Waals surface area contributed by atoms with Crippen molar-refractivity contribution < 1.29 is 4.42 Å². The third-order valence-corrected chi connectivity index (χ3v) is 3.48. The summed E-state index contributed by atoms with van der Waals surface area (Å²) >= 11 is 0. The number of hydrogen-bond acceptors (Lipinski definition) is 4. The van der Waals surface area contributed by atoms with Gasteiger partial charge in [-0.25, -0.2) is 4.79 Å². The summed E-state index contributed by atoms with van der Waals surface area (Å²) in [5.74, 6) is -0.419. The SMILES string of the molecule is NCC1(CNc2ccc3[nH]c(=O)oc3c2)CC1. The number of hydrogen-bond donors (Lipinski definition) is 3. The molecule has 5 nitrogen and oxygen atoms in total. The van der Waals surface area contributed by atoms with Gasteiger partial charge in [-0.2, -0.15) is 0 Å². The molecule has 1 heterocycles. The summed E-state index contributed by atoms with van der Waals surface area (Å²) in [5.41, 5.74) is 8.27. The number of fused-ring (bicyclic) bond motifs is 1. The minimum atomic E-state index is -0.419. The molecule has 5 heteroatoms. The summed E-state index contributed by atoms with van der Waals surface area (Å²) in [5, 5.41) is 3.34. The zero-order valence-corrected chi connectivity index (χ0v) is 9.45. The number of H-pyrrole nitrogens is 1. The Morgan fingerprint density at radius 1 is 1.47 bits per heavy atom. The summed E-state index contributed by atoms with van der Waals surface area (Å²) < 4.78 is 5.01. The molecule has 0 unspecified atom stereocenters. The van der Waals surface area contributed by atoms with Crippen LogP contribution in [0.2, 0.25) is 0 Å². The molecular formula is C12H15N3O2. The number of rotatable bonds is 4. The summed E-state index contributed by atoms with van der Waals surface area (Å²) in [6, 6.07) is 5.60. The van der Waals surface area contributed by atoms with Crippen LogP contribution in [-0.4, -0.2) is 18.1 Å². The van der Waals surface area contributed by atoms with Crippen LogP contribution < -0.4 is 16.8 Å². The van der Waals surface area contributed by atoms with Crippen LogP contribution in [0.15, 0.2) is 27.4 Å².